The average Bonchev–Trinajstić information content (AvgIpc) is 2.73. The molecule has 0 bridgehead atoms. The number of carbonyl (C=O) groups is 1. The van der Waals surface area contributed by atoms with E-state index < -0.39 is 0 Å². The molecule has 0 spiro atoms. The second kappa shape index (κ2) is 5.01. The predicted molar refractivity (Wildman–Crippen MR) is 60.9 cm³/mol. The molecule has 2 amide bonds. The van der Waals surface area contributed by atoms with Crippen LogP contribution in [-0.4, -0.2) is 33.6 Å². The molecule has 1 aliphatic heterocycles. The largest absolute Gasteiger partial charge is 0.337 e. The van der Waals surface area contributed by atoms with E-state index in [1.807, 2.05) is 22.7 Å². The van der Waals surface area contributed by atoms with Crippen LogP contribution in [-0.2, 0) is 13.6 Å². The highest BCUT2D eigenvalue weighted by atomic mass is 16.2. The van der Waals surface area contributed by atoms with Crippen LogP contribution in [0.1, 0.15) is 25.1 Å². The minimum atomic E-state index is 0.0303. The van der Waals surface area contributed by atoms with Crippen molar-refractivity contribution in [3.05, 3.63) is 18.2 Å². The van der Waals surface area contributed by atoms with Crippen molar-refractivity contribution in [2.45, 2.75) is 25.8 Å². The van der Waals surface area contributed by atoms with E-state index in [2.05, 4.69) is 10.3 Å². The van der Waals surface area contributed by atoms with Crippen LogP contribution in [0.4, 0.5) is 4.79 Å². The molecule has 1 N–H and O–H groups in total. The molecule has 1 aromatic heterocycles. The first kappa shape index (κ1) is 11.0. The van der Waals surface area contributed by atoms with E-state index in [-0.39, 0.29) is 6.03 Å². The lowest BCUT2D eigenvalue weighted by molar-refractivity contribution is 0.185. The summed E-state index contributed by atoms with van der Waals surface area (Å²) in [7, 11) is 1.93. The second-order valence-corrected chi connectivity index (χ2v) is 4.16. The number of hydrogen-bond donors (Lipinski definition) is 1. The standard InChI is InChI=1S/C11H18N4O/c1-14-8-5-12-10(14)9-13-11(16)15-6-3-2-4-7-15/h5,8H,2-4,6-7,9H2,1H3,(H,13,16). The summed E-state index contributed by atoms with van der Waals surface area (Å²) < 4.78 is 1.91. The number of hydrogen-bond acceptors (Lipinski definition) is 2. The fraction of sp³-hybridized carbons (Fsp3) is 0.636. The molecule has 5 nitrogen and oxygen atoms in total. The summed E-state index contributed by atoms with van der Waals surface area (Å²) in [5.74, 6) is 0.880. The van der Waals surface area contributed by atoms with Gasteiger partial charge in [-0.05, 0) is 19.3 Å². The van der Waals surface area contributed by atoms with Gasteiger partial charge >= 0.3 is 6.03 Å². The van der Waals surface area contributed by atoms with Crippen LogP contribution < -0.4 is 5.32 Å². The van der Waals surface area contributed by atoms with Crippen LogP contribution in [0.5, 0.6) is 0 Å². The molecular formula is C11H18N4O. The van der Waals surface area contributed by atoms with Crippen LogP contribution >= 0.6 is 0 Å². The highest BCUT2D eigenvalue weighted by Gasteiger charge is 2.16. The van der Waals surface area contributed by atoms with Gasteiger partial charge in [-0.25, -0.2) is 9.78 Å². The fourth-order valence-electron chi connectivity index (χ4n) is 1.93. The van der Waals surface area contributed by atoms with Crippen LogP contribution in [0.2, 0.25) is 0 Å². The van der Waals surface area contributed by atoms with Gasteiger partial charge in [0, 0.05) is 32.5 Å². The number of amides is 2. The van der Waals surface area contributed by atoms with Crippen molar-refractivity contribution in [3.8, 4) is 0 Å². The number of piperidine rings is 1. The van der Waals surface area contributed by atoms with Gasteiger partial charge in [-0.15, -0.1) is 0 Å². The van der Waals surface area contributed by atoms with Crippen molar-refractivity contribution in [3.63, 3.8) is 0 Å². The summed E-state index contributed by atoms with van der Waals surface area (Å²) in [6.45, 7) is 2.26. The number of imidazole rings is 1. The number of nitrogens with zero attached hydrogens (tertiary/aromatic N) is 3. The highest BCUT2D eigenvalue weighted by molar-refractivity contribution is 5.74. The van der Waals surface area contributed by atoms with Gasteiger partial charge in [0.05, 0.1) is 6.54 Å². The van der Waals surface area contributed by atoms with Gasteiger partial charge in [0.15, 0.2) is 0 Å². The van der Waals surface area contributed by atoms with E-state index in [4.69, 9.17) is 0 Å². The van der Waals surface area contributed by atoms with E-state index in [1.165, 1.54) is 6.42 Å². The minimum Gasteiger partial charge on any atom is -0.337 e. The average molecular weight is 222 g/mol. The molecule has 2 heterocycles. The van der Waals surface area contributed by atoms with E-state index in [0.717, 1.165) is 31.8 Å². The molecule has 1 fully saturated rings. The molecule has 1 aliphatic rings. The third-order valence-electron chi connectivity index (χ3n) is 2.96. The summed E-state index contributed by atoms with van der Waals surface area (Å²) >= 11 is 0. The highest BCUT2D eigenvalue weighted by Crippen LogP contribution is 2.08. The first-order valence-corrected chi connectivity index (χ1v) is 5.76. The molecule has 0 radical (unpaired) electrons. The predicted octanol–water partition coefficient (Wildman–Crippen LogP) is 1.12. The van der Waals surface area contributed by atoms with Gasteiger partial charge in [-0.1, -0.05) is 0 Å². The number of urea groups is 1. The van der Waals surface area contributed by atoms with Crippen LogP contribution in [0, 0.1) is 0 Å². The molecule has 16 heavy (non-hydrogen) atoms. The van der Waals surface area contributed by atoms with Crippen LogP contribution in [0.15, 0.2) is 12.4 Å². The first-order valence-electron chi connectivity index (χ1n) is 5.76. The molecule has 1 aromatic rings. The Morgan fingerprint density at radius 3 is 2.81 bits per heavy atom. The molecule has 0 aromatic carbocycles. The zero-order valence-corrected chi connectivity index (χ0v) is 9.65. The smallest absolute Gasteiger partial charge is 0.317 e. The van der Waals surface area contributed by atoms with Gasteiger partial charge < -0.3 is 14.8 Å². The number of carbonyl (C=O) groups excluding carboxylic acids is 1. The number of aryl methyl sites for hydroxylation is 1. The summed E-state index contributed by atoms with van der Waals surface area (Å²) in [6, 6.07) is 0.0303. The molecular weight excluding hydrogens is 204 g/mol. The second-order valence-electron chi connectivity index (χ2n) is 4.16. The third kappa shape index (κ3) is 2.53. The lowest BCUT2D eigenvalue weighted by Crippen LogP contribution is -2.42. The topological polar surface area (TPSA) is 50.2 Å². The summed E-state index contributed by atoms with van der Waals surface area (Å²) in [5.41, 5.74) is 0. The van der Waals surface area contributed by atoms with Crippen molar-refractivity contribution in [2.24, 2.45) is 7.05 Å². The Bertz CT molecular complexity index is 355. The number of nitrogens with one attached hydrogen (secondary N) is 1. The van der Waals surface area contributed by atoms with E-state index in [0.29, 0.717) is 6.54 Å². The Labute approximate surface area is 95.5 Å². The maximum atomic E-state index is 11.8. The van der Waals surface area contributed by atoms with Gasteiger partial charge in [0.25, 0.3) is 0 Å². The van der Waals surface area contributed by atoms with Crippen molar-refractivity contribution in [1.82, 2.24) is 19.8 Å². The molecule has 0 atom stereocenters. The monoisotopic (exact) mass is 222 g/mol. The summed E-state index contributed by atoms with van der Waals surface area (Å²) in [5, 5.41) is 2.90. The third-order valence-corrected chi connectivity index (χ3v) is 2.96. The lowest BCUT2D eigenvalue weighted by Gasteiger charge is -2.26. The first-order chi connectivity index (χ1) is 7.77. The van der Waals surface area contributed by atoms with Crippen LogP contribution in [0.25, 0.3) is 0 Å². The maximum absolute atomic E-state index is 11.8. The van der Waals surface area contributed by atoms with Crippen molar-refractivity contribution in [1.29, 1.82) is 0 Å². The zero-order valence-electron chi connectivity index (χ0n) is 9.65. The lowest BCUT2D eigenvalue weighted by atomic mass is 10.1. The Morgan fingerprint density at radius 2 is 2.19 bits per heavy atom. The SMILES string of the molecule is Cn1ccnc1CNC(=O)N1CCCCC1. The quantitative estimate of drug-likeness (QED) is 0.815. The maximum Gasteiger partial charge on any atom is 0.317 e. The Kier molecular flexibility index (Phi) is 3.44. The van der Waals surface area contributed by atoms with Gasteiger partial charge in [0.2, 0.25) is 0 Å². The minimum absolute atomic E-state index is 0.0303. The molecule has 5 heteroatoms. The Hall–Kier alpha value is -1.52. The summed E-state index contributed by atoms with van der Waals surface area (Å²) in [4.78, 5) is 17.8. The van der Waals surface area contributed by atoms with Crippen molar-refractivity contribution >= 4 is 6.03 Å². The summed E-state index contributed by atoms with van der Waals surface area (Å²) in [6.07, 6.45) is 7.10. The fourth-order valence-corrected chi connectivity index (χ4v) is 1.93. The van der Waals surface area contributed by atoms with E-state index in [1.54, 1.807) is 6.20 Å². The zero-order chi connectivity index (χ0) is 11.4. The molecule has 0 unspecified atom stereocenters. The Balaban J connectivity index is 1.81. The van der Waals surface area contributed by atoms with Crippen molar-refractivity contribution < 1.29 is 4.79 Å². The molecule has 0 aliphatic carbocycles. The molecule has 88 valence electrons. The van der Waals surface area contributed by atoms with E-state index >= 15 is 0 Å². The normalized spacial score (nSPS) is 16.2. The number of likely N-dealkylation sites (tertiary alicyclic amines) is 1. The number of rotatable bonds is 2. The van der Waals surface area contributed by atoms with Crippen molar-refractivity contribution in [2.75, 3.05) is 13.1 Å². The number of aromatic nitrogens is 2. The van der Waals surface area contributed by atoms with Gasteiger partial charge in [0.1, 0.15) is 5.82 Å². The molecule has 0 saturated carbocycles. The van der Waals surface area contributed by atoms with Gasteiger partial charge in [-0.3, -0.25) is 0 Å². The van der Waals surface area contributed by atoms with Crippen LogP contribution in [0.3, 0.4) is 0 Å². The van der Waals surface area contributed by atoms with Gasteiger partial charge in [-0.2, -0.15) is 0 Å². The van der Waals surface area contributed by atoms with E-state index in [9.17, 15) is 4.79 Å². The molecule has 2 rings (SSSR count). The molecule has 1 saturated heterocycles. The Morgan fingerprint density at radius 1 is 1.44 bits per heavy atom.